The molecule has 0 heterocycles. The van der Waals surface area contributed by atoms with Crippen LogP contribution in [0.5, 0.6) is 0 Å². The predicted octanol–water partition coefficient (Wildman–Crippen LogP) is 5.06. The largest absolute Gasteiger partial charge is 0.289 e. The van der Waals surface area contributed by atoms with Crippen LogP contribution in [0.15, 0.2) is 45.3 Å². The van der Waals surface area contributed by atoms with Crippen molar-refractivity contribution in [2.24, 2.45) is 0 Å². The van der Waals surface area contributed by atoms with Crippen LogP contribution in [0.2, 0.25) is 0 Å². The van der Waals surface area contributed by atoms with Crippen molar-refractivity contribution in [2.45, 2.75) is 13.8 Å². The Morgan fingerprint density at radius 1 is 0.833 bits per heavy atom. The molecule has 0 saturated carbocycles. The molecule has 3 heteroatoms. The fraction of sp³-hybridized carbons (Fsp3) is 0.133. The third-order valence-electron chi connectivity index (χ3n) is 2.87. The Morgan fingerprint density at radius 2 is 1.22 bits per heavy atom. The molecular formula is C15H12Br2O. The fourth-order valence-corrected chi connectivity index (χ4v) is 2.68. The lowest BCUT2D eigenvalue weighted by molar-refractivity contribution is 0.103. The van der Waals surface area contributed by atoms with Crippen LogP contribution in [-0.4, -0.2) is 5.78 Å². The maximum atomic E-state index is 12.5. The topological polar surface area (TPSA) is 17.1 Å². The second-order valence-electron chi connectivity index (χ2n) is 4.20. The monoisotopic (exact) mass is 366 g/mol. The lowest BCUT2D eigenvalue weighted by Crippen LogP contribution is -2.04. The average molecular weight is 368 g/mol. The highest BCUT2D eigenvalue weighted by atomic mass is 79.9. The molecule has 0 aliphatic carbocycles. The molecule has 2 rings (SSSR count). The lowest BCUT2D eigenvalue weighted by Gasteiger charge is -2.09. The fourth-order valence-electron chi connectivity index (χ4n) is 1.79. The van der Waals surface area contributed by atoms with Crippen molar-refractivity contribution in [3.63, 3.8) is 0 Å². The van der Waals surface area contributed by atoms with Gasteiger partial charge < -0.3 is 0 Å². The van der Waals surface area contributed by atoms with Gasteiger partial charge in [0.05, 0.1) is 0 Å². The summed E-state index contributed by atoms with van der Waals surface area (Å²) in [6.45, 7) is 3.96. The Balaban J connectivity index is 2.55. The molecule has 0 N–H and O–H groups in total. The molecule has 1 nitrogen and oxygen atoms in total. The summed E-state index contributed by atoms with van der Waals surface area (Å²) >= 11 is 6.97. The van der Waals surface area contributed by atoms with Crippen LogP contribution in [0.3, 0.4) is 0 Å². The summed E-state index contributed by atoms with van der Waals surface area (Å²) in [5, 5.41) is 0. The van der Waals surface area contributed by atoms with Gasteiger partial charge in [0, 0.05) is 20.1 Å². The number of hydrogen-bond acceptors (Lipinski definition) is 1. The van der Waals surface area contributed by atoms with Crippen LogP contribution >= 0.6 is 31.9 Å². The van der Waals surface area contributed by atoms with E-state index >= 15 is 0 Å². The molecule has 0 amide bonds. The van der Waals surface area contributed by atoms with Gasteiger partial charge in [0.2, 0.25) is 0 Å². The van der Waals surface area contributed by atoms with Gasteiger partial charge in [0.25, 0.3) is 0 Å². The Labute approximate surface area is 123 Å². The van der Waals surface area contributed by atoms with Gasteiger partial charge in [-0.05, 0) is 69.0 Å². The van der Waals surface area contributed by atoms with Gasteiger partial charge in [-0.1, -0.05) is 24.3 Å². The molecule has 0 unspecified atom stereocenters. The van der Waals surface area contributed by atoms with Crippen LogP contribution in [-0.2, 0) is 0 Å². The van der Waals surface area contributed by atoms with Gasteiger partial charge in [-0.25, -0.2) is 0 Å². The highest BCUT2D eigenvalue weighted by Gasteiger charge is 2.16. The smallest absolute Gasteiger partial charge is 0.195 e. The van der Waals surface area contributed by atoms with E-state index in [4.69, 9.17) is 0 Å². The van der Waals surface area contributed by atoms with Gasteiger partial charge >= 0.3 is 0 Å². The van der Waals surface area contributed by atoms with E-state index in [1.54, 1.807) is 0 Å². The minimum Gasteiger partial charge on any atom is -0.289 e. The highest BCUT2D eigenvalue weighted by molar-refractivity contribution is 9.11. The standard InChI is InChI=1S/C15H12Br2O/c1-9-5-3-7-11(13(9)16)15(18)12-8-4-6-10(2)14(12)17/h3-8H,1-2H3. The zero-order chi connectivity index (χ0) is 13.3. The minimum absolute atomic E-state index is 0.0288. The van der Waals surface area contributed by atoms with Gasteiger partial charge in [0.15, 0.2) is 5.78 Å². The Hall–Kier alpha value is -0.930. The molecule has 0 aliphatic rings. The highest BCUT2D eigenvalue weighted by Crippen LogP contribution is 2.28. The number of carbonyl (C=O) groups is 1. The molecule has 18 heavy (non-hydrogen) atoms. The summed E-state index contributed by atoms with van der Waals surface area (Å²) < 4.78 is 1.73. The Bertz CT molecular complexity index is 564. The number of aryl methyl sites for hydroxylation is 2. The maximum Gasteiger partial charge on any atom is 0.195 e. The second kappa shape index (κ2) is 5.37. The van der Waals surface area contributed by atoms with E-state index in [9.17, 15) is 4.79 Å². The molecule has 2 aromatic carbocycles. The van der Waals surface area contributed by atoms with Crippen LogP contribution < -0.4 is 0 Å². The normalized spacial score (nSPS) is 10.4. The summed E-state index contributed by atoms with van der Waals surface area (Å²) in [6, 6.07) is 11.4. The third-order valence-corrected chi connectivity index (χ3v) is 4.98. The van der Waals surface area contributed by atoms with Crippen molar-refractivity contribution in [3.8, 4) is 0 Å². The van der Waals surface area contributed by atoms with E-state index in [2.05, 4.69) is 31.9 Å². The predicted molar refractivity (Wildman–Crippen MR) is 81.2 cm³/mol. The van der Waals surface area contributed by atoms with Crippen molar-refractivity contribution in [3.05, 3.63) is 67.6 Å². The zero-order valence-electron chi connectivity index (χ0n) is 10.1. The Kier molecular flexibility index (Phi) is 4.03. The molecule has 0 bridgehead atoms. The van der Waals surface area contributed by atoms with E-state index in [0.717, 1.165) is 20.1 Å². The van der Waals surface area contributed by atoms with Crippen LogP contribution in [0.25, 0.3) is 0 Å². The molecule has 0 aromatic heterocycles. The number of hydrogen-bond donors (Lipinski definition) is 0. The number of halogens is 2. The van der Waals surface area contributed by atoms with E-state index in [0.29, 0.717) is 11.1 Å². The SMILES string of the molecule is Cc1cccc(C(=O)c2cccc(C)c2Br)c1Br. The van der Waals surface area contributed by atoms with Crippen molar-refractivity contribution in [1.29, 1.82) is 0 Å². The maximum absolute atomic E-state index is 12.5. The second-order valence-corrected chi connectivity index (χ2v) is 5.79. The zero-order valence-corrected chi connectivity index (χ0v) is 13.3. The van der Waals surface area contributed by atoms with Crippen molar-refractivity contribution < 1.29 is 4.79 Å². The van der Waals surface area contributed by atoms with Crippen LogP contribution in [0.1, 0.15) is 27.0 Å². The quantitative estimate of drug-likeness (QED) is 0.678. The first kappa shape index (κ1) is 13.5. The van der Waals surface area contributed by atoms with Gasteiger partial charge in [-0.2, -0.15) is 0 Å². The van der Waals surface area contributed by atoms with E-state index in [1.807, 2.05) is 50.2 Å². The molecule has 0 aliphatic heterocycles. The first-order valence-electron chi connectivity index (χ1n) is 5.57. The Morgan fingerprint density at radius 3 is 1.61 bits per heavy atom. The van der Waals surface area contributed by atoms with E-state index in [1.165, 1.54) is 0 Å². The molecule has 0 saturated heterocycles. The summed E-state index contributed by atoms with van der Waals surface area (Å²) in [5.41, 5.74) is 3.51. The summed E-state index contributed by atoms with van der Waals surface area (Å²) in [7, 11) is 0. The molecule has 0 atom stereocenters. The molecule has 2 aromatic rings. The van der Waals surface area contributed by atoms with Crippen molar-refractivity contribution in [2.75, 3.05) is 0 Å². The minimum atomic E-state index is 0.0288. The van der Waals surface area contributed by atoms with Gasteiger partial charge in [-0.15, -0.1) is 0 Å². The third kappa shape index (κ3) is 2.43. The van der Waals surface area contributed by atoms with Crippen molar-refractivity contribution in [1.82, 2.24) is 0 Å². The average Bonchev–Trinajstić information content (AvgIpc) is 2.35. The summed E-state index contributed by atoms with van der Waals surface area (Å²) in [5.74, 6) is 0.0288. The number of carbonyl (C=O) groups excluding carboxylic acids is 1. The first-order chi connectivity index (χ1) is 8.52. The lowest BCUT2D eigenvalue weighted by atomic mass is 10.0. The molecular weight excluding hydrogens is 356 g/mol. The van der Waals surface area contributed by atoms with Gasteiger partial charge in [0.1, 0.15) is 0 Å². The van der Waals surface area contributed by atoms with Crippen molar-refractivity contribution >= 4 is 37.6 Å². The summed E-state index contributed by atoms with van der Waals surface area (Å²) in [4.78, 5) is 12.5. The number of benzene rings is 2. The van der Waals surface area contributed by atoms with Gasteiger partial charge in [-0.3, -0.25) is 4.79 Å². The van der Waals surface area contributed by atoms with Crippen LogP contribution in [0.4, 0.5) is 0 Å². The molecule has 92 valence electrons. The number of rotatable bonds is 2. The van der Waals surface area contributed by atoms with E-state index < -0.39 is 0 Å². The summed E-state index contributed by atoms with van der Waals surface area (Å²) in [6.07, 6.45) is 0. The van der Waals surface area contributed by atoms with E-state index in [-0.39, 0.29) is 5.78 Å². The molecule has 0 radical (unpaired) electrons. The molecule has 0 spiro atoms. The van der Waals surface area contributed by atoms with Crippen LogP contribution in [0, 0.1) is 13.8 Å². The number of ketones is 1. The molecule has 0 fully saturated rings. The first-order valence-corrected chi connectivity index (χ1v) is 7.16.